The molecule has 15 rings (SSSR count). The van der Waals surface area contributed by atoms with E-state index in [0.29, 0.717) is 0 Å². The smallest absolute Gasteiger partial charge is 0.252 e. The van der Waals surface area contributed by atoms with Crippen molar-refractivity contribution in [2.45, 2.75) is 62.2 Å². The van der Waals surface area contributed by atoms with Crippen LogP contribution in [0.2, 0.25) is 0 Å². The van der Waals surface area contributed by atoms with E-state index in [2.05, 4.69) is 161 Å². The van der Waals surface area contributed by atoms with Crippen LogP contribution >= 0.6 is 0 Å². The van der Waals surface area contributed by atoms with Gasteiger partial charge in [-0.2, -0.15) is 0 Å². The van der Waals surface area contributed by atoms with Crippen LogP contribution in [-0.2, 0) is 10.8 Å². The van der Waals surface area contributed by atoms with E-state index in [-0.39, 0.29) is 17.5 Å². The summed E-state index contributed by atoms with van der Waals surface area (Å²) in [5.41, 5.74) is 24.7. The van der Waals surface area contributed by atoms with Crippen molar-refractivity contribution < 1.29 is 0 Å². The highest BCUT2D eigenvalue weighted by Gasteiger charge is 2.62. The van der Waals surface area contributed by atoms with Gasteiger partial charge < -0.3 is 9.80 Å². The van der Waals surface area contributed by atoms with Gasteiger partial charge in [0.05, 0.1) is 0 Å². The average Bonchev–Trinajstić information content (AvgIpc) is 4.15. The van der Waals surface area contributed by atoms with E-state index in [1.54, 1.807) is 22.3 Å². The highest BCUT2D eigenvalue weighted by Crippen LogP contribution is 2.69. The summed E-state index contributed by atoms with van der Waals surface area (Å²) in [7, 11) is 0. The van der Waals surface area contributed by atoms with E-state index in [1.165, 1.54) is 124 Å². The summed E-state index contributed by atoms with van der Waals surface area (Å²) in [4.78, 5) is 5.23. The Morgan fingerprint density at radius 1 is 0.373 bits per heavy atom. The third-order valence-electron chi connectivity index (χ3n) is 17.6. The number of nitrogens with zero attached hydrogens (tertiary/aromatic N) is 2. The van der Waals surface area contributed by atoms with Crippen LogP contribution in [0.4, 0.5) is 34.1 Å². The van der Waals surface area contributed by atoms with Gasteiger partial charge in [-0.25, -0.2) is 0 Å². The molecule has 6 aliphatic carbocycles. The third-order valence-corrected chi connectivity index (χ3v) is 17.6. The second-order valence-corrected chi connectivity index (χ2v) is 19.3. The predicted molar refractivity (Wildman–Crippen MR) is 244 cm³/mol. The van der Waals surface area contributed by atoms with Crippen molar-refractivity contribution in [3.8, 4) is 22.3 Å². The Bertz CT molecular complexity index is 2940. The van der Waals surface area contributed by atoms with E-state index in [0.717, 1.165) is 23.7 Å². The number of anilines is 6. The standard InChI is InChI=1S/C56H45BN2/c1-2-11-38(12-3-1)58-49-19-10-20-50-53(49)57(54-51(58)32-31-46-52(54)41-14-5-7-16-44(41)56(46)36-25-26-37(56)28-27-36)47-17-8-9-18-48(47)59(50)39-29-30-45-42(33-39)40-13-4-6-15-43(40)55(45)34-21-22-35(55)24-23-34/h1-20,29-37H,21-28H2. The number of hydrogen-bond donors (Lipinski definition) is 0. The third kappa shape index (κ3) is 3.60. The molecule has 7 aromatic carbocycles. The maximum Gasteiger partial charge on any atom is 0.252 e. The Balaban J connectivity index is 1.01. The number of fused-ring (bicyclic) bond motifs is 11. The van der Waals surface area contributed by atoms with Crippen molar-refractivity contribution >= 4 is 57.2 Å². The lowest BCUT2D eigenvalue weighted by atomic mass is 9.32. The molecule has 0 saturated heterocycles. The van der Waals surface area contributed by atoms with E-state index < -0.39 is 0 Å². The summed E-state index contributed by atoms with van der Waals surface area (Å²) >= 11 is 0. The van der Waals surface area contributed by atoms with Crippen molar-refractivity contribution in [2.24, 2.45) is 23.7 Å². The van der Waals surface area contributed by atoms with E-state index in [4.69, 9.17) is 0 Å². The first kappa shape index (κ1) is 32.1. The van der Waals surface area contributed by atoms with Crippen LogP contribution < -0.4 is 26.2 Å². The zero-order chi connectivity index (χ0) is 38.2. The quantitative estimate of drug-likeness (QED) is 0.162. The van der Waals surface area contributed by atoms with Crippen LogP contribution in [0.15, 0.2) is 152 Å². The van der Waals surface area contributed by atoms with Crippen molar-refractivity contribution in [1.82, 2.24) is 0 Å². The van der Waals surface area contributed by atoms with Gasteiger partial charge in [0.1, 0.15) is 0 Å². The fourth-order valence-electron chi connectivity index (χ4n) is 15.9. The molecule has 4 fully saturated rings. The van der Waals surface area contributed by atoms with Crippen molar-refractivity contribution in [1.29, 1.82) is 0 Å². The van der Waals surface area contributed by atoms with Gasteiger partial charge in [0, 0.05) is 45.0 Å². The van der Waals surface area contributed by atoms with E-state index in [9.17, 15) is 0 Å². The summed E-state index contributed by atoms with van der Waals surface area (Å²) in [6.07, 6.45) is 10.9. The fourth-order valence-corrected chi connectivity index (χ4v) is 15.9. The lowest BCUT2D eigenvalue weighted by molar-refractivity contribution is 0.400. The molecule has 7 aromatic rings. The van der Waals surface area contributed by atoms with Crippen LogP contribution in [0.3, 0.4) is 0 Å². The molecule has 4 bridgehead atoms. The fraction of sp³-hybridized carbons (Fsp3) is 0.250. The Hall–Kier alpha value is -5.80. The van der Waals surface area contributed by atoms with Gasteiger partial charge in [0.25, 0.3) is 6.71 Å². The molecule has 4 saturated carbocycles. The Morgan fingerprint density at radius 2 is 0.881 bits per heavy atom. The molecular formula is C56H45BN2. The lowest BCUT2D eigenvalue weighted by Crippen LogP contribution is -2.62. The second-order valence-electron chi connectivity index (χ2n) is 19.3. The van der Waals surface area contributed by atoms with Crippen molar-refractivity contribution in [3.63, 3.8) is 0 Å². The SMILES string of the molecule is c1ccc(N2c3cccc4c3B(c3ccccc3N4c3ccc4c(c3)-c3ccccc3C43C4CCC3CC4)c3c2ccc2c3-c3ccccc3C23C2CCC3CC2)cc1. The predicted octanol–water partition coefficient (Wildman–Crippen LogP) is 11.9. The van der Waals surface area contributed by atoms with Crippen molar-refractivity contribution in [2.75, 3.05) is 9.80 Å². The normalized spacial score (nSPS) is 27.5. The van der Waals surface area contributed by atoms with Crippen LogP contribution in [0.1, 0.15) is 73.6 Å². The minimum atomic E-state index is 0.105. The summed E-state index contributed by atoms with van der Waals surface area (Å²) in [5, 5.41) is 0. The van der Waals surface area contributed by atoms with Gasteiger partial charge in [-0.05, 0) is 184 Å². The molecule has 0 atom stereocenters. The topological polar surface area (TPSA) is 6.48 Å². The molecule has 0 unspecified atom stereocenters. The summed E-state index contributed by atoms with van der Waals surface area (Å²) in [6.45, 7) is 0.105. The second kappa shape index (κ2) is 11.1. The minimum Gasteiger partial charge on any atom is -0.311 e. The molecular weight excluding hydrogens is 711 g/mol. The Labute approximate surface area is 347 Å². The van der Waals surface area contributed by atoms with Gasteiger partial charge in [-0.1, -0.05) is 103 Å². The Kier molecular flexibility index (Phi) is 6.02. The Morgan fingerprint density at radius 3 is 1.59 bits per heavy atom. The molecule has 2 spiro atoms. The first-order valence-electron chi connectivity index (χ1n) is 22.7. The number of para-hydroxylation sites is 2. The summed E-state index contributed by atoms with van der Waals surface area (Å²) < 4.78 is 0. The average molecular weight is 757 g/mol. The minimum absolute atomic E-state index is 0.105. The molecule has 3 heteroatoms. The highest BCUT2D eigenvalue weighted by molar-refractivity contribution is 7.01. The molecule has 0 N–H and O–H groups in total. The molecule has 2 nitrogen and oxygen atoms in total. The van der Waals surface area contributed by atoms with Gasteiger partial charge in [0.2, 0.25) is 0 Å². The zero-order valence-electron chi connectivity index (χ0n) is 33.4. The summed E-state index contributed by atoms with van der Waals surface area (Å²) in [6, 6.07) is 59.6. The zero-order valence-corrected chi connectivity index (χ0v) is 33.4. The maximum atomic E-state index is 2.63. The number of benzene rings is 7. The van der Waals surface area contributed by atoms with Gasteiger partial charge in [0.15, 0.2) is 0 Å². The maximum absolute atomic E-state index is 2.63. The van der Waals surface area contributed by atoms with Gasteiger partial charge in [-0.15, -0.1) is 0 Å². The number of hydrogen-bond acceptors (Lipinski definition) is 2. The molecule has 59 heavy (non-hydrogen) atoms. The van der Waals surface area contributed by atoms with E-state index in [1.807, 2.05) is 0 Å². The van der Waals surface area contributed by atoms with Crippen LogP contribution in [-0.4, -0.2) is 6.71 Å². The molecule has 8 aliphatic rings. The number of rotatable bonds is 2. The molecule has 0 amide bonds. The monoisotopic (exact) mass is 756 g/mol. The van der Waals surface area contributed by atoms with Gasteiger partial charge >= 0.3 is 0 Å². The van der Waals surface area contributed by atoms with Crippen LogP contribution in [0.5, 0.6) is 0 Å². The van der Waals surface area contributed by atoms with E-state index >= 15 is 0 Å². The van der Waals surface area contributed by atoms with Gasteiger partial charge in [-0.3, -0.25) is 0 Å². The molecule has 0 aromatic heterocycles. The largest absolute Gasteiger partial charge is 0.311 e. The van der Waals surface area contributed by atoms with Crippen LogP contribution in [0, 0.1) is 23.7 Å². The first-order chi connectivity index (χ1) is 29.3. The lowest BCUT2D eigenvalue weighted by Gasteiger charge is -2.45. The molecule has 282 valence electrons. The molecule has 2 aliphatic heterocycles. The first-order valence-corrected chi connectivity index (χ1v) is 22.7. The summed E-state index contributed by atoms with van der Waals surface area (Å²) in [5.74, 6) is 2.96. The van der Waals surface area contributed by atoms with Crippen molar-refractivity contribution in [3.05, 3.63) is 174 Å². The van der Waals surface area contributed by atoms with Crippen LogP contribution in [0.25, 0.3) is 22.3 Å². The molecule has 2 heterocycles. The highest BCUT2D eigenvalue weighted by atomic mass is 15.2. The molecule has 0 radical (unpaired) electrons.